The molecule has 15 heavy (non-hydrogen) atoms. The van der Waals surface area contributed by atoms with Gasteiger partial charge in [0.2, 0.25) is 0 Å². The first-order valence-corrected chi connectivity index (χ1v) is 4.86. The van der Waals surface area contributed by atoms with Gasteiger partial charge < -0.3 is 5.11 Å². The second kappa shape index (κ2) is 3.58. The second-order valence-corrected chi connectivity index (χ2v) is 3.80. The molecule has 0 spiro atoms. The van der Waals surface area contributed by atoms with Gasteiger partial charge in [0.25, 0.3) is 0 Å². The zero-order valence-corrected chi connectivity index (χ0v) is 8.95. The fourth-order valence-corrected chi connectivity index (χ4v) is 1.80. The third-order valence-electron chi connectivity index (χ3n) is 2.00. The van der Waals surface area contributed by atoms with Crippen molar-refractivity contribution < 1.29 is 14.3 Å². The van der Waals surface area contributed by atoms with E-state index in [1.165, 1.54) is 18.3 Å². The maximum absolute atomic E-state index is 13.0. The van der Waals surface area contributed by atoms with Crippen molar-refractivity contribution in [3.05, 3.63) is 40.4 Å². The summed E-state index contributed by atoms with van der Waals surface area (Å²) in [5.74, 6) is -1.65. The van der Waals surface area contributed by atoms with Crippen LogP contribution in [0.2, 0.25) is 0 Å². The van der Waals surface area contributed by atoms with Crippen LogP contribution < -0.4 is 0 Å². The topological polar surface area (TPSA) is 50.2 Å². The quantitative estimate of drug-likeness (QED) is 0.866. The zero-order valence-electron chi connectivity index (χ0n) is 7.37. The highest BCUT2D eigenvalue weighted by molar-refractivity contribution is 9.10. The number of fused-ring (bicyclic) bond motifs is 1. The smallest absolute Gasteiger partial charge is 0.355 e. The Hall–Kier alpha value is -1.49. The van der Waals surface area contributed by atoms with E-state index in [1.807, 2.05) is 0 Å². The van der Waals surface area contributed by atoms with Gasteiger partial charge in [-0.2, -0.15) is 0 Å². The van der Waals surface area contributed by atoms with Gasteiger partial charge in [-0.1, -0.05) is 6.07 Å². The van der Waals surface area contributed by atoms with Crippen LogP contribution in [0.3, 0.4) is 0 Å². The minimum Gasteiger partial charge on any atom is -0.476 e. The Bertz CT molecular complexity index is 556. The number of nitrogens with zero attached hydrogens (tertiary/aromatic N) is 1. The number of pyridine rings is 1. The molecule has 1 aromatic heterocycles. The lowest BCUT2D eigenvalue weighted by Gasteiger charge is -2.03. The zero-order chi connectivity index (χ0) is 11.0. The van der Waals surface area contributed by atoms with Crippen molar-refractivity contribution >= 4 is 32.7 Å². The molecule has 0 aliphatic carbocycles. The Labute approximate surface area is 92.7 Å². The Morgan fingerprint density at radius 3 is 2.80 bits per heavy atom. The highest BCUT2D eigenvalue weighted by Crippen LogP contribution is 2.25. The minimum absolute atomic E-state index is 0.146. The van der Waals surface area contributed by atoms with E-state index in [0.717, 1.165) is 6.07 Å². The van der Waals surface area contributed by atoms with Crippen LogP contribution in [0.4, 0.5) is 4.39 Å². The molecule has 2 rings (SSSR count). The van der Waals surface area contributed by atoms with Gasteiger partial charge in [0.15, 0.2) is 5.69 Å². The van der Waals surface area contributed by atoms with Crippen molar-refractivity contribution in [3.8, 4) is 0 Å². The Morgan fingerprint density at radius 1 is 1.40 bits per heavy atom. The molecule has 1 aromatic carbocycles. The van der Waals surface area contributed by atoms with Crippen LogP contribution in [0.15, 0.2) is 28.9 Å². The lowest BCUT2D eigenvalue weighted by Crippen LogP contribution is -2.01. The molecule has 1 N–H and O–H groups in total. The van der Waals surface area contributed by atoms with Gasteiger partial charge in [0.05, 0.1) is 0 Å². The minimum atomic E-state index is -1.17. The molecule has 0 saturated carbocycles. The number of benzene rings is 1. The van der Waals surface area contributed by atoms with Crippen molar-refractivity contribution in [3.63, 3.8) is 0 Å². The summed E-state index contributed by atoms with van der Waals surface area (Å²) in [5.41, 5.74) is -0.146. The summed E-state index contributed by atoms with van der Waals surface area (Å²) in [7, 11) is 0. The lowest BCUT2D eigenvalue weighted by molar-refractivity contribution is 0.0693. The molecule has 1 heterocycles. The summed E-state index contributed by atoms with van der Waals surface area (Å²) >= 11 is 3.23. The number of carboxylic acids is 1. The predicted molar refractivity (Wildman–Crippen MR) is 56.4 cm³/mol. The largest absolute Gasteiger partial charge is 0.476 e. The molecular weight excluding hydrogens is 265 g/mol. The fraction of sp³-hybridized carbons (Fsp3) is 0. The molecule has 2 aromatic rings. The Balaban J connectivity index is 2.90. The van der Waals surface area contributed by atoms with E-state index < -0.39 is 11.8 Å². The number of aromatic carboxylic acids is 1. The maximum atomic E-state index is 13.0. The Kier molecular flexibility index (Phi) is 2.40. The molecule has 0 saturated heterocycles. The molecule has 0 bridgehead atoms. The molecule has 0 amide bonds. The SMILES string of the molecule is O=C(O)c1ncc(Br)c2ccc(F)cc12. The molecule has 0 unspecified atom stereocenters. The van der Waals surface area contributed by atoms with E-state index in [0.29, 0.717) is 9.86 Å². The summed E-state index contributed by atoms with van der Waals surface area (Å²) in [6.07, 6.45) is 1.39. The van der Waals surface area contributed by atoms with Gasteiger partial charge in [-0.25, -0.2) is 14.2 Å². The predicted octanol–water partition coefficient (Wildman–Crippen LogP) is 2.83. The number of hydrogen-bond donors (Lipinski definition) is 1. The van der Waals surface area contributed by atoms with Crippen molar-refractivity contribution in [2.75, 3.05) is 0 Å². The van der Waals surface area contributed by atoms with Gasteiger partial charge in [-0.15, -0.1) is 0 Å². The van der Waals surface area contributed by atoms with E-state index in [-0.39, 0.29) is 11.1 Å². The molecule has 0 aliphatic rings. The van der Waals surface area contributed by atoms with Crippen LogP contribution >= 0.6 is 15.9 Å². The van der Waals surface area contributed by atoms with Crippen LogP contribution in [0, 0.1) is 5.82 Å². The lowest BCUT2D eigenvalue weighted by atomic mass is 10.1. The third-order valence-corrected chi connectivity index (χ3v) is 2.64. The average molecular weight is 270 g/mol. The standard InChI is InChI=1S/C10H5BrFNO2/c11-8-4-13-9(10(14)15)7-3-5(12)1-2-6(7)8/h1-4H,(H,14,15). The van der Waals surface area contributed by atoms with E-state index >= 15 is 0 Å². The van der Waals surface area contributed by atoms with E-state index in [2.05, 4.69) is 20.9 Å². The maximum Gasteiger partial charge on any atom is 0.355 e. The van der Waals surface area contributed by atoms with Crippen LogP contribution in [0.5, 0.6) is 0 Å². The van der Waals surface area contributed by atoms with Gasteiger partial charge in [0.1, 0.15) is 5.82 Å². The van der Waals surface area contributed by atoms with Gasteiger partial charge >= 0.3 is 5.97 Å². The average Bonchev–Trinajstić information content (AvgIpc) is 2.17. The van der Waals surface area contributed by atoms with Gasteiger partial charge in [-0.05, 0) is 28.1 Å². The first-order valence-electron chi connectivity index (χ1n) is 4.06. The van der Waals surface area contributed by atoms with Crippen molar-refractivity contribution in [1.29, 1.82) is 0 Å². The number of rotatable bonds is 1. The number of aromatic nitrogens is 1. The van der Waals surface area contributed by atoms with Gasteiger partial charge in [-0.3, -0.25) is 0 Å². The number of halogens is 2. The molecule has 0 aliphatic heterocycles. The van der Waals surface area contributed by atoms with Crippen molar-refractivity contribution in [2.24, 2.45) is 0 Å². The summed E-state index contributed by atoms with van der Waals surface area (Å²) in [5, 5.41) is 9.78. The van der Waals surface area contributed by atoms with Crippen molar-refractivity contribution in [1.82, 2.24) is 4.98 Å². The van der Waals surface area contributed by atoms with Gasteiger partial charge in [0, 0.05) is 21.4 Å². The second-order valence-electron chi connectivity index (χ2n) is 2.95. The molecule has 0 atom stereocenters. The first-order chi connectivity index (χ1) is 7.09. The first kappa shape index (κ1) is 10.0. The molecule has 0 radical (unpaired) electrons. The Morgan fingerprint density at radius 2 is 2.13 bits per heavy atom. The molecule has 3 nitrogen and oxygen atoms in total. The summed E-state index contributed by atoms with van der Waals surface area (Å²) < 4.78 is 13.6. The summed E-state index contributed by atoms with van der Waals surface area (Å²) in [6.45, 7) is 0. The highest BCUT2D eigenvalue weighted by atomic mass is 79.9. The van der Waals surface area contributed by atoms with Crippen molar-refractivity contribution in [2.45, 2.75) is 0 Å². The number of hydrogen-bond acceptors (Lipinski definition) is 2. The highest BCUT2D eigenvalue weighted by Gasteiger charge is 2.12. The van der Waals surface area contributed by atoms with Crippen LogP contribution in [0.25, 0.3) is 10.8 Å². The normalized spacial score (nSPS) is 10.5. The van der Waals surface area contributed by atoms with E-state index in [4.69, 9.17) is 5.11 Å². The molecule has 0 fully saturated rings. The molecule has 5 heteroatoms. The number of carbonyl (C=O) groups is 1. The molecular formula is C10H5BrFNO2. The van der Waals surface area contributed by atoms with E-state index in [1.54, 1.807) is 0 Å². The summed E-state index contributed by atoms with van der Waals surface area (Å²) in [4.78, 5) is 14.6. The third kappa shape index (κ3) is 1.70. The number of carboxylic acid groups (broad SMARTS) is 1. The van der Waals surface area contributed by atoms with Crippen LogP contribution in [0.1, 0.15) is 10.5 Å². The summed E-state index contributed by atoms with van der Waals surface area (Å²) in [6, 6.07) is 3.96. The van der Waals surface area contributed by atoms with Crippen LogP contribution in [-0.4, -0.2) is 16.1 Å². The van der Waals surface area contributed by atoms with Crippen LogP contribution in [-0.2, 0) is 0 Å². The van der Waals surface area contributed by atoms with E-state index in [9.17, 15) is 9.18 Å². The monoisotopic (exact) mass is 269 g/mol. The fourth-order valence-electron chi connectivity index (χ4n) is 1.35. The molecule has 76 valence electrons.